The quantitative estimate of drug-likeness (QED) is 0.205. The number of fused-ring (bicyclic) bond motifs is 1. The normalized spacial score (nSPS) is 21.7. The van der Waals surface area contributed by atoms with Crippen molar-refractivity contribution in [2.75, 3.05) is 33.5 Å². The zero-order valence-electron chi connectivity index (χ0n) is 17.8. The molecule has 2 amide bonds. The number of rotatable bonds is 10. The Morgan fingerprint density at radius 1 is 1.26 bits per heavy atom. The third-order valence-electron chi connectivity index (χ3n) is 5.10. The summed E-state index contributed by atoms with van der Waals surface area (Å²) in [6.07, 6.45) is 0.546. The van der Waals surface area contributed by atoms with Gasteiger partial charge in [-0.05, 0) is 6.42 Å². The molecule has 0 radical (unpaired) electrons. The number of nitrogens with one attached hydrogen (secondary N) is 1. The number of carbonyl (C=O) groups is 5. The number of aliphatic carboxylic acids is 2. The van der Waals surface area contributed by atoms with E-state index < -0.39 is 47.2 Å². The summed E-state index contributed by atoms with van der Waals surface area (Å²) in [6, 6.07) is -1.66. The van der Waals surface area contributed by atoms with Crippen LogP contribution in [0.5, 0.6) is 0 Å². The van der Waals surface area contributed by atoms with Gasteiger partial charge in [-0.25, -0.2) is 0 Å². The van der Waals surface area contributed by atoms with Gasteiger partial charge in [0.2, 0.25) is 5.91 Å². The molecule has 0 bridgehead atoms. The molecule has 0 aromatic rings. The molecule has 0 aromatic heterocycles. The zero-order chi connectivity index (χ0) is 23.5. The predicted octanol–water partition coefficient (Wildman–Crippen LogP) is -3.05. The maximum absolute atomic E-state index is 12.5. The Kier molecular flexibility index (Phi) is 7.71. The van der Waals surface area contributed by atoms with Crippen molar-refractivity contribution < 1.29 is 43.4 Å². The summed E-state index contributed by atoms with van der Waals surface area (Å²) in [6.45, 7) is 0.930. The SMILES string of the molecule is CC(=O)OCC1=C(C(=O)[O-])N2C(=O)C(NC(=O)CCCC(C(=O)[O-])[N+](C)(C)C)C2SC1. The second-order valence-corrected chi connectivity index (χ2v) is 9.42. The Bertz CT molecular complexity index is 819. The fourth-order valence-corrected chi connectivity index (χ4v) is 4.82. The van der Waals surface area contributed by atoms with Gasteiger partial charge in [0.25, 0.3) is 5.91 Å². The third-order valence-corrected chi connectivity index (χ3v) is 6.43. The molecule has 0 spiro atoms. The van der Waals surface area contributed by atoms with Crippen molar-refractivity contribution in [2.45, 2.75) is 43.6 Å². The molecule has 0 aromatic carbocycles. The van der Waals surface area contributed by atoms with Gasteiger partial charge in [0.15, 0.2) is 0 Å². The Morgan fingerprint density at radius 3 is 2.42 bits per heavy atom. The van der Waals surface area contributed by atoms with Crippen LogP contribution >= 0.6 is 11.8 Å². The van der Waals surface area contributed by atoms with Crippen LogP contribution in [0.4, 0.5) is 0 Å². The number of likely N-dealkylation sites (N-methyl/N-ethyl adjacent to an activating group) is 1. The van der Waals surface area contributed by atoms with E-state index >= 15 is 0 Å². The minimum atomic E-state index is -1.56. The predicted molar refractivity (Wildman–Crippen MR) is 104 cm³/mol. The number of ether oxygens (including phenoxy) is 1. The lowest BCUT2D eigenvalue weighted by Gasteiger charge is -2.50. The molecule has 1 N–H and O–H groups in total. The third kappa shape index (κ3) is 5.76. The van der Waals surface area contributed by atoms with Crippen molar-refractivity contribution in [3.05, 3.63) is 11.3 Å². The van der Waals surface area contributed by atoms with Gasteiger partial charge in [0.1, 0.15) is 24.1 Å². The molecule has 3 atom stereocenters. The number of nitrogens with zero attached hydrogens (tertiary/aromatic N) is 2. The molecule has 3 unspecified atom stereocenters. The van der Waals surface area contributed by atoms with Gasteiger partial charge in [-0.2, -0.15) is 0 Å². The maximum Gasteiger partial charge on any atom is 0.302 e. The van der Waals surface area contributed by atoms with Gasteiger partial charge < -0.3 is 34.3 Å². The van der Waals surface area contributed by atoms with Crippen LogP contribution in [0.25, 0.3) is 0 Å². The molecule has 0 saturated carbocycles. The minimum Gasteiger partial charge on any atom is -0.544 e. The van der Waals surface area contributed by atoms with Gasteiger partial charge >= 0.3 is 5.97 Å². The first-order valence-electron chi connectivity index (χ1n) is 9.67. The molecule has 11 nitrogen and oxygen atoms in total. The second-order valence-electron chi connectivity index (χ2n) is 8.32. The fraction of sp³-hybridized carbons (Fsp3) is 0.632. The van der Waals surface area contributed by atoms with Crippen LogP contribution < -0.4 is 15.5 Å². The van der Waals surface area contributed by atoms with Crippen LogP contribution in [0.2, 0.25) is 0 Å². The summed E-state index contributed by atoms with van der Waals surface area (Å²) in [4.78, 5) is 59.7. The van der Waals surface area contributed by atoms with Gasteiger partial charge in [-0.3, -0.25) is 19.3 Å². The van der Waals surface area contributed by atoms with Crippen LogP contribution in [0, 0.1) is 0 Å². The number of carboxylic acids is 2. The van der Waals surface area contributed by atoms with Crippen molar-refractivity contribution >= 4 is 41.5 Å². The van der Waals surface area contributed by atoms with Crippen LogP contribution in [0.3, 0.4) is 0 Å². The average Bonchev–Trinajstić information content (AvgIpc) is 2.65. The fourth-order valence-electron chi connectivity index (χ4n) is 3.49. The summed E-state index contributed by atoms with van der Waals surface area (Å²) in [5, 5.41) is 24.8. The minimum absolute atomic E-state index is 0.0197. The molecular weight excluding hydrogens is 430 g/mol. The number of quaternary nitrogens is 1. The average molecular weight is 456 g/mol. The zero-order valence-corrected chi connectivity index (χ0v) is 18.7. The Hall–Kier alpha value is -2.60. The van der Waals surface area contributed by atoms with Gasteiger partial charge in [0.05, 0.1) is 38.8 Å². The monoisotopic (exact) mass is 456 g/mol. The molecular formula is C19H26N3O8S-. The van der Waals surface area contributed by atoms with Crippen molar-refractivity contribution in [1.82, 2.24) is 10.2 Å². The van der Waals surface area contributed by atoms with Crippen molar-refractivity contribution in [1.29, 1.82) is 0 Å². The van der Waals surface area contributed by atoms with Crippen molar-refractivity contribution in [3.63, 3.8) is 0 Å². The molecule has 2 heterocycles. The standard InChI is InChI=1S/C19H27N3O8S/c1-10(23)30-8-11-9-31-17-14(16(25)21(17)15(11)19(28)29)20-13(24)7-5-6-12(18(26)27)22(2,3)4/h12,14,17H,5-9H2,1-4H3,(H2-,20,24,26,27,28,29)/p-1. The number of carboxylic acid groups (broad SMARTS) is 2. The molecule has 172 valence electrons. The number of β-lactam (4-membered cyclic amide) rings is 1. The lowest BCUT2D eigenvalue weighted by Crippen LogP contribution is -2.71. The second kappa shape index (κ2) is 9.69. The number of esters is 1. The smallest absolute Gasteiger partial charge is 0.302 e. The Balaban J connectivity index is 1.95. The van der Waals surface area contributed by atoms with Crippen LogP contribution in [-0.2, 0) is 28.7 Å². The Labute approximate surface area is 184 Å². The first-order chi connectivity index (χ1) is 14.3. The highest BCUT2D eigenvalue weighted by Gasteiger charge is 2.52. The number of thioether (sulfide) groups is 1. The summed E-state index contributed by atoms with van der Waals surface area (Å²) in [5.74, 6) is -4.15. The number of carbonyl (C=O) groups excluding carboxylic acids is 5. The van der Waals surface area contributed by atoms with E-state index in [0.29, 0.717) is 6.42 Å². The molecule has 1 saturated heterocycles. The van der Waals surface area contributed by atoms with Gasteiger partial charge in [-0.1, -0.05) is 0 Å². The molecule has 31 heavy (non-hydrogen) atoms. The van der Waals surface area contributed by atoms with E-state index in [9.17, 15) is 34.2 Å². The molecule has 2 aliphatic rings. The van der Waals surface area contributed by atoms with Crippen molar-refractivity contribution in [3.8, 4) is 0 Å². The number of amides is 2. The summed E-state index contributed by atoms with van der Waals surface area (Å²) in [7, 11) is 5.17. The van der Waals surface area contributed by atoms with Gasteiger partial charge in [0, 0.05) is 31.1 Å². The highest BCUT2D eigenvalue weighted by Crippen LogP contribution is 2.40. The van der Waals surface area contributed by atoms with Gasteiger partial charge in [-0.15, -0.1) is 11.8 Å². The summed E-state index contributed by atoms with van der Waals surface area (Å²) in [5.41, 5.74) is -0.0801. The topological polar surface area (TPSA) is 156 Å². The van der Waals surface area contributed by atoms with Crippen LogP contribution in [-0.4, -0.2) is 90.1 Å². The lowest BCUT2D eigenvalue weighted by atomic mass is 10.0. The van der Waals surface area contributed by atoms with Crippen LogP contribution in [0.15, 0.2) is 11.3 Å². The molecule has 1 fully saturated rings. The Morgan fingerprint density at radius 2 is 1.90 bits per heavy atom. The summed E-state index contributed by atoms with van der Waals surface area (Å²) < 4.78 is 5.00. The molecule has 2 aliphatic heterocycles. The largest absolute Gasteiger partial charge is 0.544 e. The molecule has 12 heteroatoms. The van der Waals surface area contributed by atoms with E-state index in [4.69, 9.17) is 4.74 Å². The summed E-state index contributed by atoms with van der Waals surface area (Å²) >= 11 is 1.25. The maximum atomic E-state index is 12.5. The first-order valence-corrected chi connectivity index (χ1v) is 10.7. The van der Waals surface area contributed by atoms with E-state index in [1.54, 1.807) is 21.1 Å². The highest BCUT2D eigenvalue weighted by molar-refractivity contribution is 8.00. The van der Waals surface area contributed by atoms with E-state index in [1.807, 2.05) is 0 Å². The molecule has 2 rings (SSSR count). The molecule has 0 aliphatic carbocycles. The number of hydrogen-bond acceptors (Lipinski definition) is 9. The van der Waals surface area contributed by atoms with E-state index in [2.05, 4.69) is 5.32 Å². The highest BCUT2D eigenvalue weighted by atomic mass is 32.2. The number of hydrogen-bond donors (Lipinski definition) is 1. The first kappa shape index (κ1) is 24.7. The van der Waals surface area contributed by atoms with E-state index in [1.165, 1.54) is 18.7 Å². The van der Waals surface area contributed by atoms with Crippen LogP contribution in [0.1, 0.15) is 26.2 Å². The van der Waals surface area contributed by atoms with Crippen molar-refractivity contribution in [2.24, 2.45) is 0 Å². The van der Waals surface area contributed by atoms with E-state index in [0.717, 1.165) is 4.90 Å². The van der Waals surface area contributed by atoms with E-state index in [-0.39, 0.29) is 41.0 Å². The lowest BCUT2D eigenvalue weighted by molar-refractivity contribution is -0.889.